The largest absolute Gasteiger partial charge is 0.497 e. The van der Waals surface area contributed by atoms with E-state index in [4.69, 9.17) is 9.47 Å². The number of carbonyl (C=O) groups excluding carboxylic acids is 1. The van der Waals surface area contributed by atoms with Crippen LogP contribution in [-0.4, -0.2) is 31.2 Å². The first-order chi connectivity index (χ1) is 10.5. The molecule has 0 aliphatic rings. The van der Waals surface area contributed by atoms with Crippen LogP contribution in [0.2, 0.25) is 0 Å². The summed E-state index contributed by atoms with van der Waals surface area (Å²) in [6.45, 7) is 3.66. The summed E-state index contributed by atoms with van der Waals surface area (Å²) in [5, 5.41) is 8.38. The Balaban J connectivity index is 2.07. The number of anilines is 2. The van der Waals surface area contributed by atoms with Gasteiger partial charge in [-0.1, -0.05) is 0 Å². The van der Waals surface area contributed by atoms with Crippen molar-refractivity contribution in [1.29, 1.82) is 0 Å². The van der Waals surface area contributed by atoms with Gasteiger partial charge < -0.3 is 20.1 Å². The third-order valence-corrected chi connectivity index (χ3v) is 3.90. The van der Waals surface area contributed by atoms with E-state index in [-0.39, 0.29) is 5.91 Å². The molecule has 2 N–H and O–H groups in total. The van der Waals surface area contributed by atoms with Gasteiger partial charge in [0.25, 0.3) is 0 Å². The Morgan fingerprint density at radius 1 is 1.32 bits per heavy atom. The number of hydrogen-bond donors (Lipinski definition) is 2. The number of carbonyl (C=O) groups is 1. The fourth-order valence-electron chi connectivity index (χ4n) is 1.85. The molecule has 0 bridgehead atoms. The van der Waals surface area contributed by atoms with Crippen LogP contribution in [0, 0.1) is 6.92 Å². The van der Waals surface area contributed by atoms with Crippen LogP contribution in [0.1, 0.15) is 12.6 Å². The van der Waals surface area contributed by atoms with Crippen LogP contribution < -0.4 is 20.1 Å². The summed E-state index contributed by atoms with van der Waals surface area (Å²) in [7, 11) is 3.17. The molecule has 118 valence electrons. The predicted octanol–water partition coefficient (Wildman–Crippen LogP) is 2.91. The standard InChI is InChI=1S/C15H19N3O3S/c1-9-8-22-15(16-9)18-14(19)10(2)17-12-7-11(20-3)5-6-13(12)21-4/h5-8,10,17H,1-4H3,(H,16,18,19)/t10-/m0/s1. The maximum Gasteiger partial charge on any atom is 0.248 e. The summed E-state index contributed by atoms with van der Waals surface area (Å²) in [6, 6.07) is 4.92. The number of hydrogen-bond acceptors (Lipinski definition) is 6. The number of nitrogens with one attached hydrogen (secondary N) is 2. The lowest BCUT2D eigenvalue weighted by Crippen LogP contribution is -2.32. The Bertz CT molecular complexity index is 657. The van der Waals surface area contributed by atoms with E-state index in [1.807, 2.05) is 12.3 Å². The number of thiazole rings is 1. The van der Waals surface area contributed by atoms with E-state index in [0.29, 0.717) is 22.3 Å². The maximum absolute atomic E-state index is 12.2. The van der Waals surface area contributed by atoms with Crippen LogP contribution in [0.25, 0.3) is 0 Å². The van der Waals surface area contributed by atoms with Crippen LogP contribution >= 0.6 is 11.3 Å². The zero-order valence-electron chi connectivity index (χ0n) is 13.0. The van der Waals surface area contributed by atoms with Gasteiger partial charge in [-0.2, -0.15) is 0 Å². The molecule has 7 heteroatoms. The molecule has 1 amide bonds. The van der Waals surface area contributed by atoms with Gasteiger partial charge >= 0.3 is 0 Å². The molecule has 1 heterocycles. The van der Waals surface area contributed by atoms with Gasteiger partial charge in [0.2, 0.25) is 5.91 Å². The third kappa shape index (κ3) is 3.88. The second-order valence-electron chi connectivity index (χ2n) is 4.72. The fraction of sp³-hybridized carbons (Fsp3) is 0.333. The average Bonchev–Trinajstić information content (AvgIpc) is 2.92. The number of amides is 1. The smallest absolute Gasteiger partial charge is 0.248 e. The molecule has 22 heavy (non-hydrogen) atoms. The van der Waals surface area contributed by atoms with E-state index in [1.165, 1.54) is 11.3 Å². The molecule has 0 aliphatic carbocycles. The van der Waals surface area contributed by atoms with Gasteiger partial charge in [-0.15, -0.1) is 11.3 Å². The summed E-state index contributed by atoms with van der Waals surface area (Å²) in [4.78, 5) is 16.4. The number of rotatable bonds is 6. The quantitative estimate of drug-likeness (QED) is 0.856. The molecule has 0 fully saturated rings. The van der Waals surface area contributed by atoms with Crippen LogP contribution in [0.3, 0.4) is 0 Å². The number of methoxy groups -OCH3 is 2. The Morgan fingerprint density at radius 2 is 2.09 bits per heavy atom. The minimum atomic E-state index is -0.454. The summed E-state index contributed by atoms with van der Waals surface area (Å²) in [6.07, 6.45) is 0. The fourth-order valence-corrected chi connectivity index (χ4v) is 2.54. The molecule has 0 saturated heterocycles. The molecular weight excluding hydrogens is 302 g/mol. The minimum absolute atomic E-state index is 0.167. The number of aryl methyl sites for hydroxylation is 1. The normalized spacial score (nSPS) is 11.6. The molecule has 1 aromatic carbocycles. The van der Waals surface area contributed by atoms with Crippen LogP contribution in [-0.2, 0) is 4.79 Å². The first kappa shape index (κ1) is 16.1. The monoisotopic (exact) mass is 321 g/mol. The summed E-state index contributed by atoms with van der Waals surface area (Å²) in [5.74, 6) is 1.16. The highest BCUT2D eigenvalue weighted by Gasteiger charge is 2.16. The van der Waals surface area contributed by atoms with Crippen molar-refractivity contribution in [2.24, 2.45) is 0 Å². The summed E-state index contributed by atoms with van der Waals surface area (Å²) >= 11 is 1.40. The SMILES string of the molecule is COc1ccc(OC)c(N[C@@H](C)C(=O)Nc2nc(C)cs2)c1. The van der Waals surface area contributed by atoms with E-state index in [0.717, 1.165) is 5.69 Å². The van der Waals surface area contributed by atoms with Crippen LogP contribution in [0.4, 0.5) is 10.8 Å². The van der Waals surface area contributed by atoms with Crippen molar-refractivity contribution in [1.82, 2.24) is 4.98 Å². The van der Waals surface area contributed by atoms with Crippen LogP contribution in [0.5, 0.6) is 11.5 Å². The predicted molar refractivity (Wildman–Crippen MR) is 88.1 cm³/mol. The van der Waals surface area contributed by atoms with Gasteiger partial charge in [-0.25, -0.2) is 4.98 Å². The number of nitrogens with zero attached hydrogens (tertiary/aromatic N) is 1. The third-order valence-electron chi connectivity index (χ3n) is 3.02. The Hall–Kier alpha value is -2.28. The molecule has 0 radical (unpaired) electrons. The minimum Gasteiger partial charge on any atom is -0.497 e. The maximum atomic E-state index is 12.2. The Morgan fingerprint density at radius 3 is 2.68 bits per heavy atom. The van der Waals surface area contributed by atoms with Gasteiger partial charge in [0.05, 0.1) is 25.6 Å². The first-order valence-electron chi connectivity index (χ1n) is 6.75. The molecule has 1 atom stereocenters. The van der Waals surface area contributed by atoms with E-state index >= 15 is 0 Å². The molecular formula is C15H19N3O3S. The van der Waals surface area contributed by atoms with Crippen molar-refractivity contribution in [3.8, 4) is 11.5 Å². The molecule has 6 nitrogen and oxygen atoms in total. The van der Waals surface area contributed by atoms with E-state index in [2.05, 4.69) is 15.6 Å². The molecule has 0 aliphatic heterocycles. The number of ether oxygens (including phenoxy) is 2. The second kappa shape index (κ2) is 7.13. The lowest BCUT2D eigenvalue weighted by Gasteiger charge is -2.17. The van der Waals surface area contributed by atoms with E-state index < -0.39 is 6.04 Å². The highest BCUT2D eigenvalue weighted by molar-refractivity contribution is 7.13. The molecule has 0 unspecified atom stereocenters. The summed E-state index contributed by atoms with van der Waals surface area (Å²) in [5.41, 5.74) is 1.58. The molecule has 0 saturated carbocycles. The molecule has 1 aromatic heterocycles. The summed E-state index contributed by atoms with van der Waals surface area (Å²) < 4.78 is 10.5. The Labute approximate surface area is 133 Å². The van der Waals surface area contributed by atoms with Gasteiger partial charge in [-0.3, -0.25) is 4.79 Å². The van der Waals surface area contributed by atoms with Gasteiger partial charge in [0.15, 0.2) is 5.13 Å². The molecule has 0 spiro atoms. The van der Waals surface area contributed by atoms with Crippen molar-refractivity contribution >= 4 is 28.1 Å². The van der Waals surface area contributed by atoms with E-state index in [9.17, 15) is 4.79 Å². The van der Waals surface area contributed by atoms with Crippen molar-refractivity contribution in [3.05, 3.63) is 29.3 Å². The highest BCUT2D eigenvalue weighted by Crippen LogP contribution is 2.29. The van der Waals surface area contributed by atoms with Crippen molar-refractivity contribution in [2.45, 2.75) is 19.9 Å². The van der Waals surface area contributed by atoms with Gasteiger partial charge in [-0.05, 0) is 26.0 Å². The second-order valence-corrected chi connectivity index (χ2v) is 5.57. The van der Waals surface area contributed by atoms with Crippen molar-refractivity contribution < 1.29 is 14.3 Å². The Kier molecular flexibility index (Phi) is 5.21. The number of aromatic nitrogens is 1. The van der Waals surface area contributed by atoms with Crippen molar-refractivity contribution in [3.63, 3.8) is 0 Å². The lowest BCUT2D eigenvalue weighted by atomic mass is 10.2. The van der Waals surface area contributed by atoms with Crippen molar-refractivity contribution in [2.75, 3.05) is 24.9 Å². The molecule has 2 rings (SSSR count). The van der Waals surface area contributed by atoms with E-state index in [1.54, 1.807) is 39.3 Å². The highest BCUT2D eigenvalue weighted by atomic mass is 32.1. The zero-order chi connectivity index (χ0) is 16.1. The van der Waals surface area contributed by atoms with Gasteiger partial charge in [0, 0.05) is 11.4 Å². The molecule has 2 aromatic rings. The lowest BCUT2D eigenvalue weighted by molar-refractivity contribution is -0.116. The average molecular weight is 321 g/mol. The van der Waals surface area contributed by atoms with Gasteiger partial charge in [0.1, 0.15) is 17.5 Å². The first-order valence-corrected chi connectivity index (χ1v) is 7.63. The zero-order valence-corrected chi connectivity index (χ0v) is 13.8. The van der Waals surface area contributed by atoms with Crippen LogP contribution in [0.15, 0.2) is 23.6 Å². The topological polar surface area (TPSA) is 72.5 Å². The number of benzene rings is 1.